The highest BCUT2D eigenvalue weighted by Crippen LogP contribution is 2.31. The van der Waals surface area contributed by atoms with Crippen LogP contribution in [0.5, 0.6) is 5.75 Å². The van der Waals surface area contributed by atoms with Crippen LogP contribution in [0.3, 0.4) is 0 Å². The predicted molar refractivity (Wildman–Crippen MR) is 125 cm³/mol. The third kappa shape index (κ3) is 4.48. The number of methoxy groups -OCH3 is 1. The van der Waals surface area contributed by atoms with Gasteiger partial charge in [-0.2, -0.15) is 5.10 Å². The lowest BCUT2D eigenvalue weighted by atomic mass is 10.1. The van der Waals surface area contributed by atoms with Crippen LogP contribution in [0.15, 0.2) is 42.7 Å². The largest absolute Gasteiger partial charge is 0.494 e. The zero-order chi connectivity index (χ0) is 23.5. The summed E-state index contributed by atoms with van der Waals surface area (Å²) < 4.78 is 9.16. The van der Waals surface area contributed by atoms with Gasteiger partial charge in [0, 0.05) is 31.0 Å². The normalized spacial score (nSPS) is 11.0. The van der Waals surface area contributed by atoms with Gasteiger partial charge in [-0.15, -0.1) is 0 Å². The summed E-state index contributed by atoms with van der Waals surface area (Å²) in [6, 6.07) is 9.05. The van der Waals surface area contributed by atoms with E-state index in [4.69, 9.17) is 4.74 Å². The summed E-state index contributed by atoms with van der Waals surface area (Å²) in [4.78, 5) is 34.0. The summed E-state index contributed by atoms with van der Waals surface area (Å²) in [5.41, 5.74) is 4.05. The minimum Gasteiger partial charge on any atom is -0.494 e. The number of carbonyl (C=O) groups excluding carboxylic acids is 2. The standard InChI is InChI=1S/C24H26N6O3/c1-5-30-20(11-15(2)28-30)23(32)27-24-26-19-12-18(16(3)31)13-21(33-4)22(19)29(24)10-8-17-7-6-9-25-14-17/h6-7,9,11-14H,5,8,10H2,1-4H3,(H,26,27,32). The molecule has 1 N–H and O–H groups in total. The van der Waals surface area contributed by atoms with Crippen LogP contribution in [0.4, 0.5) is 5.95 Å². The maximum Gasteiger partial charge on any atom is 0.276 e. The highest BCUT2D eigenvalue weighted by Gasteiger charge is 2.21. The van der Waals surface area contributed by atoms with E-state index >= 15 is 0 Å². The van der Waals surface area contributed by atoms with Crippen molar-refractivity contribution in [1.29, 1.82) is 0 Å². The summed E-state index contributed by atoms with van der Waals surface area (Å²) >= 11 is 0. The molecule has 4 aromatic rings. The third-order valence-corrected chi connectivity index (χ3v) is 5.44. The van der Waals surface area contributed by atoms with Crippen LogP contribution >= 0.6 is 0 Å². The number of hydrogen-bond donors (Lipinski definition) is 1. The molecule has 0 fully saturated rings. The molecule has 33 heavy (non-hydrogen) atoms. The van der Waals surface area contributed by atoms with Crippen molar-refractivity contribution in [3.63, 3.8) is 0 Å². The number of hydrogen-bond acceptors (Lipinski definition) is 6. The van der Waals surface area contributed by atoms with Gasteiger partial charge in [-0.3, -0.25) is 24.6 Å². The van der Waals surface area contributed by atoms with Crippen LogP contribution in [-0.2, 0) is 19.5 Å². The van der Waals surface area contributed by atoms with Gasteiger partial charge in [0.15, 0.2) is 5.78 Å². The summed E-state index contributed by atoms with van der Waals surface area (Å²) in [6.07, 6.45) is 4.21. The van der Waals surface area contributed by atoms with Crippen molar-refractivity contribution in [2.24, 2.45) is 0 Å². The second kappa shape index (κ2) is 9.23. The molecule has 0 aliphatic rings. The van der Waals surface area contributed by atoms with Crippen molar-refractivity contribution >= 4 is 28.7 Å². The Morgan fingerprint density at radius 3 is 2.70 bits per heavy atom. The zero-order valence-electron chi connectivity index (χ0n) is 19.1. The molecular weight excluding hydrogens is 420 g/mol. The molecule has 1 amide bonds. The first-order valence-corrected chi connectivity index (χ1v) is 10.7. The lowest BCUT2D eigenvalue weighted by Gasteiger charge is -2.12. The molecule has 0 aliphatic heterocycles. The number of benzene rings is 1. The van der Waals surface area contributed by atoms with E-state index in [1.54, 1.807) is 36.2 Å². The number of nitrogens with one attached hydrogen (secondary N) is 1. The number of aromatic nitrogens is 5. The average Bonchev–Trinajstić information content (AvgIpc) is 3.37. The van der Waals surface area contributed by atoms with E-state index in [0.717, 1.165) is 11.3 Å². The molecule has 4 rings (SSSR count). The summed E-state index contributed by atoms with van der Waals surface area (Å²) in [5.74, 6) is 0.500. The quantitative estimate of drug-likeness (QED) is 0.414. The number of amides is 1. The molecule has 0 atom stereocenters. The fourth-order valence-corrected chi connectivity index (χ4v) is 3.82. The van der Waals surface area contributed by atoms with Crippen molar-refractivity contribution in [2.45, 2.75) is 40.3 Å². The number of pyridine rings is 1. The lowest BCUT2D eigenvalue weighted by molar-refractivity contribution is 0.100. The van der Waals surface area contributed by atoms with Crippen LogP contribution < -0.4 is 10.1 Å². The number of rotatable bonds is 8. The summed E-state index contributed by atoms with van der Waals surface area (Å²) in [6.45, 7) is 6.38. The molecule has 0 saturated heterocycles. The Bertz CT molecular complexity index is 1320. The van der Waals surface area contributed by atoms with Crippen molar-refractivity contribution in [1.82, 2.24) is 24.3 Å². The van der Waals surface area contributed by atoms with Crippen molar-refractivity contribution in [2.75, 3.05) is 12.4 Å². The molecule has 0 unspecified atom stereocenters. The molecule has 3 heterocycles. The van der Waals surface area contributed by atoms with E-state index in [9.17, 15) is 9.59 Å². The van der Waals surface area contributed by atoms with Gasteiger partial charge in [-0.1, -0.05) is 6.07 Å². The maximum absolute atomic E-state index is 13.1. The van der Waals surface area contributed by atoms with Gasteiger partial charge in [0.2, 0.25) is 5.95 Å². The number of aryl methyl sites for hydroxylation is 4. The molecule has 0 spiro atoms. The van der Waals surface area contributed by atoms with Gasteiger partial charge >= 0.3 is 0 Å². The molecular formula is C24H26N6O3. The smallest absolute Gasteiger partial charge is 0.276 e. The van der Waals surface area contributed by atoms with Crippen LogP contribution in [0, 0.1) is 6.92 Å². The van der Waals surface area contributed by atoms with Crippen LogP contribution in [0.25, 0.3) is 11.0 Å². The van der Waals surface area contributed by atoms with Gasteiger partial charge in [0.05, 0.1) is 18.3 Å². The van der Waals surface area contributed by atoms with E-state index in [-0.39, 0.29) is 11.7 Å². The van der Waals surface area contributed by atoms with Crippen molar-refractivity contribution in [3.05, 3.63) is 65.2 Å². The van der Waals surface area contributed by atoms with E-state index in [2.05, 4.69) is 20.4 Å². The fourth-order valence-electron chi connectivity index (χ4n) is 3.82. The summed E-state index contributed by atoms with van der Waals surface area (Å²) in [7, 11) is 1.55. The second-order valence-corrected chi connectivity index (χ2v) is 7.74. The van der Waals surface area contributed by atoms with E-state index < -0.39 is 0 Å². The number of ketones is 1. The number of fused-ring (bicyclic) bond motifs is 1. The topological polar surface area (TPSA) is 104 Å². The Morgan fingerprint density at radius 2 is 2.03 bits per heavy atom. The van der Waals surface area contributed by atoms with E-state index in [1.165, 1.54) is 6.92 Å². The van der Waals surface area contributed by atoms with E-state index in [1.807, 2.05) is 36.7 Å². The minimum atomic E-state index is -0.304. The van der Waals surface area contributed by atoms with E-state index in [0.29, 0.717) is 53.5 Å². The number of ether oxygens (including phenoxy) is 1. The maximum atomic E-state index is 13.1. The molecule has 0 bridgehead atoms. The Morgan fingerprint density at radius 1 is 1.21 bits per heavy atom. The molecule has 0 aliphatic carbocycles. The molecule has 9 heteroatoms. The highest BCUT2D eigenvalue weighted by molar-refractivity contribution is 6.04. The Kier molecular flexibility index (Phi) is 6.21. The zero-order valence-corrected chi connectivity index (χ0v) is 19.1. The number of carbonyl (C=O) groups is 2. The Hall–Kier alpha value is -4.01. The molecule has 3 aromatic heterocycles. The fraction of sp³-hybridized carbons (Fsp3) is 0.292. The number of imidazole rings is 1. The first kappa shape index (κ1) is 22.2. The molecule has 0 saturated carbocycles. The molecule has 0 radical (unpaired) electrons. The molecule has 1 aromatic carbocycles. The second-order valence-electron chi connectivity index (χ2n) is 7.74. The Labute approximate surface area is 191 Å². The van der Waals surface area contributed by atoms with Crippen LogP contribution in [0.1, 0.15) is 46.0 Å². The van der Waals surface area contributed by atoms with Gasteiger partial charge in [0.25, 0.3) is 5.91 Å². The number of Topliss-reactive ketones (excluding diaryl/α,β-unsaturated/α-hetero) is 1. The number of anilines is 1. The van der Waals surface area contributed by atoms with Gasteiger partial charge in [-0.25, -0.2) is 4.98 Å². The van der Waals surface area contributed by atoms with Crippen molar-refractivity contribution in [3.8, 4) is 5.75 Å². The predicted octanol–water partition coefficient (Wildman–Crippen LogP) is 3.66. The molecule has 9 nitrogen and oxygen atoms in total. The number of nitrogens with zero attached hydrogens (tertiary/aromatic N) is 5. The van der Waals surface area contributed by atoms with Gasteiger partial charge in [-0.05, 0) is 57.0 Å². The van der Waals surface area contributed by atoms with Crippen LogP contribution in [0.2, 0.25) is 0 Å². The first-order chi connectivity index (χ1) is 15.9. The molecule has 170 valence electrons. The lowest BCUT2D eigenvalue weighted by Crippen LogP contribution is -2.20. The first-order valence-electron chi connectivity index (χ1n) is 10.7. The van der Waals surface area contributed by atoms with Gasteiger partial charge < -0.3 is 9.30 Å². The average molecular weight is 447 g/mol. The van der Waals surface area contributed by atoms with Crippen LogP contribution in [-0.4, -0.2) is 43.1 Å². The third-order valence-electron chi connectivity index (χ3n) is 5.44. The monoisotopic (exact) mass is 446 g/mol. The summed E-state index contributed by atoms with van der Waals surface area (Å²) in [5, 5.41) is 7.29. The SMILES string of the molecule is CCn1nc(C)cc1C(=O)Nc1nc2cc(C(C)=O)cc(OC)c2n1CCc1cccnc1. The Balaban J connectivity index is 1.79. The van der Waals surface area contributed by atoms with Crippen molar-refractivity contribution < 1.29 is 14.3 Å². The van der Waals surface area contributed by atoms with Gasteiger partial charge in [0.1, 0.15) is 17.0 Å². The minimum absolute atomic E-state index is 0.0898. The highest BCUT2D eigenvalue weighted by atomic mass is 16.5.